The minimum absolute atomic E-state index is 0.107. The van der Waals surface area contributed by atoms with Gasteiger partial charge in [0.2, 0.25) is 11.9 Å². The first-order valence-electron chi connectivity index (χ1n) is 10.2. The van der Waals surface area contributed by atoms with Gasteiger partial charge in [0.05, 0.1) is 22.9 Å². The Hall–Kier alpha value is -1.75. The number of fused-ring (bicyclic) bond motifs is 1. The average molecular weight is 424 g/mol. The third kappa shape index (κ3) is 1.35. The lowest BCUT2D eigenvalue weighted by Crippen LogP contribution is -2.66. The monoisotopic (exact) mass is 424 g/mol. The molecule has 2 saturated carbocycles. The van der Waals surface area contributed by atoms with E-state index in [0.29, 0.717) is 0 Å². The molecule has 6 aliphatic rings. The van der Waals surface area contributed by atoms with Crippen LogP contribution in [0.15, 0.2) is 0 Å². The fourth-order valence-corrected chi connectivity index (χ4v) is 8.22. The minimum atomic E-state index is -2.12. The van der Waals surface area contributed by atoms with E-state index in [4.69, 9.17) is 18.9 Å². The van der Waals surface area contributed by atoms with Gasteiger partial charge in [-0.1, -0.05) is 20.8 Å². The molecule has 0 radical (unpaired) electrons. The van der Waals surface area contributed by atoms with Crippen molar-refractivity contribution in [2.75, 3.05) is 0 Å². The summed E-state index contributed by atoms with van der Waals surface area (Å²) in [6, 6.07) is 0. The summed E-state index contributed by atoms with van der Waals surface area (Å²) in [6.45, 7) is 6.97. The van der Waals surface area contributed by atoms with Crippen molar-refractivity contribution in [2.24, 2.45) is 28.1 Å². The Bertz CT molecular complexity index is 925. The molecule has 1 unspecified atom stereocenters. The molecule has 6 fully saturated rings. The van der Waals surface area contributed by atoms with Crippen LogP contribution in [0.3, 0.4) is 0 Å². The van der Waals surface area contributed by atoms with Crippen LogP contribution in [-0.2, 0) is 33.3 Å². The van der Waals surface area contributed by atoms with Crippen LogP contribution < -0.4 is 0 Å². The molecule has 164 valence electrons. The van der Waals surface area contributed by atoms with Gasteiger partial charge in [0, 0.05) is 12.3 Å². The fourth-order valence-electron chi connectivity index (χ4n) is 8.22. The van der Waals surface area contributed by atoms with Gasteiger partial charge in [-0.3, -0.25) is 4.79 Å². The van der Waals surface area contributed by atoms with Crippen LogP contribution in [0.1, 0.15) is 34.1 Å². The van der Waals surface area contributed by atoms with E-state index < -0.39 is 87.9 Å². The van der Waals surface area contributed by atoms with Gasteiger partial charge in [-0.05, 0) is 12.3 Å². The standard InChI is InChI=1S/C20H24O10/c1-6-12(23)27-7-5-17-11-8(21)9(16(2,3)4)18(17)10(22)13(24)29-15(18)30-20(17,14(25)28-11)19(6,7)26/h6-11,15,21-22,26H,5H2,1-4H3/t6-,7+,8-,9+,10+,11-,15+,17?,18-,19-,20-/m1/s1. The normalized spacial score (nSPS) is 60.1. The Kier molecular flexibility index (Phi) is 2.97. The van der Waals surface area contributed by atoms with Crippen LogP contribution in [0.2, 0.25) is 0 Å². The van der Waals surface area contributed by atoms with Gasteiger partial charge in [-0.25, -0.2) is 9.59 Å². The van der Waals surface area contributed by atoms with Crippen molar-refractivity contribution in [3.8, 4) is 0 Å². The van der Waals surface area contributed by atoms with E-state index in [0.717, 1.165) is 0 Å². The van der Waals surface area contributed by atoms with Crippen molar-refractivity contribution in [1.29, 1.82) is 0 Å². The quantitative estimate of drug-likeness (QED) is 0.314. The molecular formula is C20H24O10. The topological polar surface area (TPSA) is 149 Å². The first-order chi connectivity index (χ1) is 13.8. The highest BCUT2D eigenvalue weighted by molar-refractivity contribution is 5.93. The third-order valence-electron chi connectivity index (χ3n) is 8.91. The number of ether oxygens (including phenoxy) is 4. The van der Waals surface area contributed by atoms with Crippen LogP contribution >= 0.6 is 0 Å². The summed E-state index contributed by atoms with van der Waals surface area (Å²) < 4.78 is 22.6. The fraction of sp³-hybridized carbons (Fsp3) is 0.850. The van der Waals surface area contributed by atoms with Crippen LogP contribution in [0.25, 0.3) is 0 Å². The molecule has 4 aliphatic heterocycles. The number of hydrogen-bond acceptors (Lipinski definition) is 10. The Morgan fingerprint density at radius 3 is 2.33 bits per heavy atom. The van der Waals surface area contributed by atoms with Crippen LogP contribution in [0.4, 0.5) is 0 Å². The molecule has 2 aliphatic carbocycles. The molecule has 0 amide bonds. The lowest BCUT2D eigenvalue weighted by molar-refractivity contribution is -0.239. The Labute approximate surface area is 171 Å². The average Bonchev–Trinajstić information content (AvgIpc) is 3.32. The molecule has 4 heterocycles. The van der Waals surface area contributed by atoms with Gasteiger partial charge in [0.25, 0.3) is 0 Å². The van der Waals surface area contributed by atoms with Crippen molar-refractivity contribution in [1.82, 2.24) is 0 Å². The highest BCUT2D eigenvalue weighted by Crippen LogP contribution is 2.84. The first kappa shape index (κ1) is 19.0. The van der Waals surface area contributed by atoms with Gasteiger partial charge >= 0.3 is 17.9 Å². The molecule has 3 N–H and O–H groups in total. The summed E-state index contributed by atoms with van der Waals surface area (Å²) in [4.78, 5) is 38.2. The number of aliphatic hydroxyl groups excluding tert-OH is 2. The van der Waals surface area contributed by atoms with Crippen molar-refractivity contribution < 1.29 is 48.7 Å². The zero-order valence-corrected chi connectivity index (χ0v) is 16.9. The number of carbonyl (C=O) groups excluding carboxylic acids is 3. The SMILES string of the molecule is C[C@@H]1C(=O)O[C@H]2CC34[C@@H]5OC(=O)[C@]3(O[C@@H]3OC(=O)[C@H](O)[C@]34[C@H](C(C)(C)C)[C@H]5O)[C@]21O. The van der Waals surface area contributed by atoms with Gasteiger partial charge in [0.1, 0.15) is 12.2 Å². The van der Waals surface area contributed by atoms with E-state index in [1.165, 1.54) is 6.92 Å². The number of aliphatic hydroxyl groups is 3. The largest absolute Gasteiger partial charge is 0.459 e. The third-order valence-corrected chi connectivity index (χ3v) is 8.91. The van der Waals surface area contributed by atoms with Gasteiger partial charge in [-0.2, -0.15) is 0 Å². The van der Waals surface area contributed by atoms with E-state index in [1.54, 1.807) is 0 Å². The summed E-state index contributed by atoms with van der Waals surface area (Å²) in [7, 11) is 0. The molecular weight excluding hydrogens is 400 g/mol. The van der Waals surface area contributed by atoms with Gasteiger partial charge < -0.3 is 34.3 Å². The van der Waals surface area contributed by atoms with Crippen molar-refractivity contribution >= 4 is 17.9 Å². The number of esters is 3. The summed E-state index contributed by atoms with van der Waals surface area (Å²) in [5.41, 5.74) is -7.95. The molecule has 10 heteroatoms. The van der Waals surface area contributed by atoms with E-state index in [9.17, 15) is 29.7 Å². The van der Waals surface area contributed by atoms with Gasteiger partial charge in [0.15, 0.2) is 11.7 Å². The summed E-state index contributed by atoms with van der Waals surface area (Å²) >= 11 is 0. The Morgan fingerprint density at radius 2 is 1.70 bits per heavy atom. The lowest BCUT2D eigenvalue weighted by Gasteiger charge is -2.46. The predicted octanol–water partition coefficient (Wildman–Crippen LogP) is -1.37. The maximum atomic E-state index is 13.4. The van der Waals surface area contributed by atoms with Crippen LogP contribution in [0, 0.1) is 28.1 Å². The summed E-state index contributed by atoms with van der Waals surface area (Å²) in [5.74, 6) is -4.43. The van der Waals surface area contributed by atoms with E-state index >= 15 is 0 Å². The van der Waals surface area contributed by atoms with Crippen molar-refractivity contribution in [2.45, 2.75) is 76.0 Å². The summed E-state index contributed by atoms with van der Waals surface area (Å²) in [6.07, 6.45) is -6.73. The molecule has 0 bridgehead atoms. The predicted molar refractivity (Wildman–Crippen MR) is 92.0 cm³/mol. The molecule has 0 aromatic rings. The molecule has 2 spiro atoms. The molecule has 10 nitrogen and oxygen atoms in total. The maximum Gasteiger partial charge on any atom is 0.342 e. The van der Waals surface area contributed by atoms with Crippen molar-refractivity contribution in [3.05, 3.63) is 0 Å². The smallest absolute Gasteiger partial charge is 0.342 e. The molecule has 11 atom stereocenters. The van der Waals surface area contributed by atoms with E-state index in [-0.39, 0.29) is 6.42 Å². The van der Waals surface area contributed by atoms with E-state index in [1.807, 2.05) is 20.8 Å². The zero-order valence-electron chi connectivity index (χ0n) is 16.9. The molecule has 6 rings (SSSR count). The second-order valence-corrected chi connectivity index (χ2v) is 10.7. The molecule has 30 heavy (non-hydrogen) atoms. The zero-order chi connectivity index (χ0) is 21.8. The van der Waals surface area contributed by atoms with Crippen LogP contribution in [-0.4, -0.2) is 75.1 Å². The highest BCUT2D eigenvalue weighted by atomic mass is 16.8. The second kappa shape index (κ2) is 4.69. The highest BCUT2D eigenvalue weighted by Gasteiger charge is 3.02. The minimum Gasteiger partial charge on any atom is -0.459 e. The maximum absolute atomic E-state index is 13.4. The Morgan fingerprint density at radius 1 is 1.03 bits per heavy atom. The first-order valence-corrected chi connectivity index (χ1v) is 10.2. The van der Waals surface area contributed by atoms with Gasteiger partial charge in [-0.15, -0.1) is 0 Å². The Balaban J connectivity index is 1.71. The summed E-state index contributed by atoms with van der Waals surface area (Å²) in [5, 5.41) is 34.4. The van der Waals surface area contributed by atoms with Crippen molar-refractivity contribution in [3.63, 3.8) is 0 Å². The van der Waals surface area contributed by atoms with E-state index in [2.05, 4.69) is 0 Å². The molecule has 0 aromatic carbocycles. The molecule has 0 aromatic heterocycles. The molecule has 4 saturated heterocycles. The number of carbonyl (C=O) groups is 3. The number of hydrogen-bond donors (Lipinski definition) is 3. The van der Waals surface area contributed by atoms with Crippen LogP contribution in [0.5, 0.6) is 0 Å². The lowest BCUT2D eigenvalue weighted by atomic mass is 9.51. The number of rotatable bonds is 0. The second-order valence-electron chi connectivity index (χ2n) is 10.7.